The van der Waals surface area contributed by atoms with Gasteiger partial charge in [0.15, 0.2) is 0 Å². The number of ether oxygens (including phenoxy) is 1. The van der Waals surface area contributed by atoms with Crippen LogP contribution in [0, 0.1) is 0 Å². The van der Waals surface area contributed by atoms with Gasteiger partial charge in [0.2, 0.25) is 5.88 Å². The minimum atomic E-state index is 0.0832. The molecule has 0 saturated heterocycles. The van der Waals surface area contributed by atoms with E-state index in [2.05, 4.69) is 10.3 Å². The molecular formula is C15H18ClN3O. The Morgan fingerprint density at radius 1 is 1.30 bits per heavy atom. The van der Waals surface area contributed by atoms with Gasteiger partial charge in [0.1, 0.15) is 0 Å². The first-order valence-corrected chi connectivity index (χ1v) is 6.84. The SMILES string of the molecule is CC(C)Oc1ncccc1CNc1cccc(Cl)c1N. The molecule has 1 aromatic heterocycles. The highest BCUT2D eigenvalue weighted by atomic mass is 35.5. The molecule has 2 aromatic rings. The minimum absolute atomic E-state index is 0.0832. The van der Waals surface area contributed by atoms with Crippen molar-refractivity contribution >= 4 is 23.0 Å². The van der Waals surface area contributed by atoms with E-state index < -0.39 is 0 Å². The number of nitrogen functional groups attached to an aromatic ring is 1. The molecule has 0 aliphatic carbocycles. The first kappa shape index (κ1) is 14.5. The third kappa shape index (κ3) is 3.54. The van der Waals surface area contributed by atoms with Crippen LogP contribution in [0.25, 0.3) is 0 Å². The Labute approximate surface area is 123 Å². The fourth-order valence-corrected chi connectivity index (χ4v) is 1.94. The summed E-state index contributed by atoms with van der Waals surface area (Å²) in [7, 11) is 0. The van der Waals surface area contributed by atoms with Gasteiger partial charge < -0.3 is 15.8 Å². The Morgan fingerprint density at radius 2 is 2.10 bits per heavy atom. The fourth-order valence-electron chi connectivity index (χ4n) is 1.77. The van der Waals surface area contributed by atoms with Crippen molar-refractivity contribution in [2.45, 2.75) is 26.5 Å². The summed E-state index contributed by atoms with van der Waals surface area (Å²) in [6.07, 6.45) is 1.80. The molecule has 5 heteroatoms. The van der Waals surface area contributed by atoms with Crippen LogP contribution in [-0.2, 0) is 6.54 Å². The minimum Gasteiger partial charge on any atom is -0.475 e. The van der Waals surface area contributed by atoms with Gasteiger partial charge in [-0.15, -0.1) is 0 Å². The quantitative estimate of drug-likeness (QED) is 0.824. The molecule has 0 saturated carbocycles. The molecule has 1 heterocycles. The Morgan fingerprint density at radius 3 is 2.85 bits per heavy atom. The number of hydrogen-bond acceptors (Lipinski definition) is 4. The van der Waals surface area contributed by atoms with E-state index in [1.165, 1.54) is 0 Å². The maximum atomic E-state index is 5.99. The van der Waals surface area contributed by atoms with Crippen molar-refractivity contribution in [3.63, 3.8) is 0 Å². The average molecular weight is 292 g/mol. The molecule has 0 spiro atoms. The first-order valence-electron chi connectivity index (χ1n) is 6.46. The zero-order valence-corrected chi connectivity index (χ0v) is 12.3. The lowest BCUT2D eigenvalue weighted by molar-refractivity contribution is 0.230. The predicted molar refractivity (Wildman–Crippen MR) is 83.2 cm³/mol. The lowest BCUT2D eigenvalue weighted by atomic mass is 10.2. The molecule has 0 fully saturated rings. The Balaban J connectivity index is 2.13. The molecular weight excluding hydrogens is 274 g/mol. The second-order valence-electron chi connectivity index (χ2n) is 4.69. The summed E-state index contributed by atoms with van der Waals surface area (Å²) < 4.78 is 5.68. The van der Waals surface area contributed by atoms with Gasteiger partial charge in [0.05, 0.1) is 22.5 Å². The summed E-state index contributed by atoms with van der Waals surface area (Å²) in [6.45, 7) is 4.52. The highest BCUT2D eigenvalue weighted by Crippen LogP contribution is 2.27. The van der Waals surface area contributed by atoms with Crippen molar-refractivity contribution in [1.29, 1.82) is 0 Å². The molecule has 0 atom stereocenters. The van der Waals surface area contributed by atoms with E-state index in [4.69, 9.17) is 22.1 Å². The van der Waals surface area contributed by atoms with Gasteiger partial charge in [-0.1, -0.05) is 23.7 Å². The second kappa shape index (κ2) is 6.48. The van der Waals surface area contributed by atoms with Gasteiger partial charge in [-0.05, 0) is 32.0 Å². The second-order valence-corrected chi connectivity index (χ2v) is 5.10. The molecule has 3 N–H and O–H groups in total. The van der Waals surface area contributed by atoms with Crippen LogP contribution in [0.2, 0.25) is 5.02 Å². The molecule has 0 aliphatic rings. The number of halogens is 1. The van der Waals surface area contributed by atoms with Crippen LogP contribution in [-0.4, -0.2) is 11.1 Å². The van der Waals surface area contributed by atoms with E-state index in [9.17, 15) is 0 Å². The van der Waals surface area contributed by atoms with E-state index in [0.29, 0.717) is 23.1 Å². The van der Waals surface area contributed by atoms with Crippen molar-refractivity contribution < 1.29 is 4.74 Å². The summed E-state index contributed by atoms with van der Waals surface area (Å²) in [5.74, 6) is 0.635. The number of hydrogen-bond donors (Lipinski definition) is 2. The summed E-state index contributed by atoms with van der Waals surface area (Å²) in [5.41, 5.74) is 8.25. The van der Waals surface area contributed by atoms with E-state index in [1.807, 2.05) is 38.1 Å². The molecule has 0 bridgehead atoms. The number of benzene rings is 1. The predicted octanol–water partition coefficient (Wildman–Crippen LogP) is 3.72. The van der Waals surface area contributed by atoms with Gasteiger partial charge in [-0.2, -0.15) is 0 Å². The normalized spacial score (nSPS) is 10.6. The fraction of sp³-hybridized carbons (Fsp3) is 0.267. The number of nitrogens with one attached hydrogen (secondary N) is 1. The summed E-state index contributed by atoms with van der Waals surface area (Å²) >= 11 is 5.99. The Bertz CT molecular complexity index is 587. The largest absolute Gasteiger partial charge is 0.475 e. The third-order valence-electron chi connectivity index (χ3n) is 2.72. The van der Waals surface area contributed by atoms with Crippen LogP contribution in [0.15, 0.2) is 36.5 Å². The standard InChI is InChI=1S/C15H18ClN3O/c1-10(2)20-15-11(5-4-8-18-15)9-19-13-7-3-6-12(16)14(13)17/h3-8,10,19H,9,17H2,1-2H3. The Hall–Kier alpha value is -1.94. The molecule has 0 aliphatic heterocycles. The van der Waals surface area contributed by atoms with Crippen molar-refractivity contribution in [2.75, 3.05) is 11.1 Å². The lowest BCUT2D eigenvalue weighted by Crippen LogP contribution is -2.11. The van der Waals surface area contributed by atoms with Crippen LogP contribution in [0.1, 0.15) is 19.4 Å². The molecule has 0 unspecified atom stereocenters. The van der Waals surface area contributed by atoms with E-state index >= 15 is 0 Å². The third-order valence-corrected chi connectivity index (χ3v) is 3.05. The number of rotatable bonds is 5. The van der Waals surface area contributed by atoms with Crippen LogP contribution < -0.4 is 15.8 Å². The van der Waals surface area contributed by atoms with Crippen LogP contribution in [0.4, 0.5) is 11.4 Å². The van der Waals surface area contributed by atoms with Crippen molar-refractivity contribution in [2.24, 2.45) is 0 Å². The number of pyridine rings is 1. The van der Waals surface area contributed by atoms with Gasteiger partial charge in [-0.3, -0.25) is 0 Å². The first-order chi connectivity index (χ1) is 9.58. The van der Waals surface area contributed by atoms with Crippen LogP contribution in [0.5, 0.6) is 5.88 Å². The van der Waals surface area contributed by atoms with Crippen molar-refractivity contribution in [1.82, 2.24) is 4.98 Å². The van der Waals surface area contributed by atoms with Gasteiger partial charge in [-0.25, -0.2) is 4.98 Å². The monoisotopic (exact) mass is 291 g/mol. The molecule has 0 amide bonds. The topological polar surface area (TPSA) is 60.2 Å². The van der Waals surface area contributed by atoms with E-state index in [1.54, 1.807) is 12.3 Å². The number of nitrogens with two attached hydrogens (primary N) is 1. The Kier molecular flexibility index (Phi) is 4.69. The maximum absolute atomic E-state index is 5.99. The van der Waals surface area contributed by atoms with Crippen LogP contribution >= 0.6 is 11.6 Å². The van der Waals surface area contributed by atoms with Crippen molar-refractivity contribution in [3.05, 3.63) is 47.1 Å². The molecule has 4 nitrogen and oxygen atoms in total. The van der Waals surface area contributed by atoms with E-state index in [-0.39, 0.29) is 6.10 Å². The smallest absolute Gasteiger partial charge is 0.218 e. The molecule has 106 valence electrons. The molecule has 20 heavy (non-hydrogen) atoms. The number of anilines is 2. The summed E-state index contributed by atoms with van der Waals surface area (Å²) in [4.78, 5) is 4.25. The average Bonchev–Trinajstić information content (AvgIpc) is 2.41. The lowest BCUT2D eigenvalue weighted by Gasteiger charge is -2.14. The highest BCUT2D eigenvalue weighted by Gasteiger charge is 2.08. The maximum Gasteiger partial charge on any atom is 0.218 e. The van der Waals surface area contributed by atoms with Gasteiger partial charge in [0, 0.05) is 18.3 Å². The molecule has 0 radical (unpaired) electrons. The highest BCUT2D eigenvalue weighted by molar-refractivity contribution is 6.33. The van der Waals surface area contributed by atoms with Gasteiger partial charge >= 0.3 is 0 Å². The number of nitrogens with zero attached hydrogens (tertiary/aromatic N) is 1. The van der Waals surface area contributed by atoms with E-state index in [0.717, 1.165) is 11.3 Å². The van der Waals surface area contributed by atoms with Gasteiger partial charge in [0.25, 0.3) is 0 Å². The number of aromatic nitrogens is 1. The summed E-state index contributed by atoms with van der Waals surface area (Å²) in [6, 6.07) is 9.36. The van der Waals surface area contributed by atoms with Crippen molar-refractivity contribution in [3.8, 4) is 5.88 Å². The summed E-state index contributed by atoms with van der Waals surface area (Å²) in [5, 5.41) is 3.80. The molecule has 1 aromatic carbocycles. The zero-order chi connectivity index (χ0) is 14.5. The van der Waals surface area contributed by atoms with Crippen LogP contribution in [0.3, 0.4) is 0 Å². The zero-order valence-electron chi connectivity index (χ0n) is 11.6. The number of para-hydroxylation sites is 1. The molecule has 2 rings (SSSR count).